The van der Waals surface area contributed by atoms with Gasteiger partial charge in [0.2, 0.25) is 0 Å². The lowest BCUT2D eigenvalue weighted by Gasteiger charge is -2.45. The molecule has 1 heterocycles. The fourth-order valence-electron chi connectivity index (χ4n) is 4.96. The molecule has 44 heavy (non-hydrogen) atoms. The third-order valence-corrected chi connectivity index (χ3v) is 8.78. The molecule has 4 aromatic rings. The molecule has 0 amide bonds. The van der Waals surface area contributed by atoms with E-state index in [4.69, 9.17) is 40.0 Å². The Morgan fingerprint density at radius 1 is 0.659 bits per heavy atom. The molecular weight excluding hydrogens is 759 g/mol. The van der Waals surface area contributed by atoms with Crippen LogP contribution in [0.1, 0.15) is 22.3 Å². The molecule has 0 spiro atoms. The standard InChI is InChI=1S/C35H35BrClIO6/c1-39-35-34(43-22-27-11-17-30(38)18-12-27)33(42-21-25-7-13-28(36)14-8-25)32(41-20-26-9-15-29(37)16-10-26)31(44-35)23-40-19-24-5-3-2-4-6-24/h2-18,31-35H,19-23H2,1H3/t31-,32-,33+,34-,35?/m1/s1. The molecule has 4 aromatic carbocycles. The fraction of sp³-hybridized carbons (Fsp3) is 0.314. The molecule has 0 aliphatic carbocycles. The summed E-state index contributed by atoms with van der Waals surface area (Å²) < 4.78 is 40.5. The van der Waals surface area contributed by atoms with E-state index < -0.39 is 30.7 Å². The van der Waals surface area contributed by atoms with Crippen molar-refractivity contribution >= 4 is 50.1 Å². The molecule has 0 N–H and O–H groups in total. The molecule has 1 saturated heterocycles. The van der Waals surface area contributed by atoms with E-state index in [9.17, 15) is 0 Å². The minimum Gasteiger partial charge on any atom is -0.374 e. The number of hydrogen-bond acceptors (Lipinski definition) is 6. The summed E-state index contributed by atoms with van der Waals surface area (Å²) >= 11 is 11.9. The Balaban J connectivity index is 1.40. The van der Waals surface area contributed by atoms with Crippen molar-refractivity contribution < 1.29 is 28.4 Å². The van der Waals surface area contributed by atoms with Crippen LogP contribution in [0, 0.1) is 3.57 Å². The fourth-order valence-corrected chi connectivity index (χ4v) is 5.71. The van der Waals surface area contributed by atoms with Crippen LogP contribution in [0.3, 0.4) is 0 Å². The van der Waals surface area contributed by atoms with Crippen LogP contribution in [0.5, 0.6) is 0 Å². The Morgan fingerprint density at radius 2 is 1.18 bits per heavy atom. The molecular formula is C35H35BrClIO6. The lowest BCUT2D eigenvalue weighted by molar-refractivity contribution is -0.323. The summed E-state index contributed by atoms with van der Waals surface area (Å²) in [5.74, 6) is 0. The highest BCUT2D eigenvalue weighted by Gasteiger charge is 2.48. The number of methoxy groups -OCH3 is 1. The van der Waals surface area contributed by atoms with Gasteiger partial charge >= 0.3 is 0 Å². The number of benzene rings is 4. The monoisotopic (exact) mass is 792 g/mol. The van der Waals surface area contributed by atoms with E-state index in [-0.39, 0.29) is 6.61 Å². The summed E-state index contributed by atoms with van der Waals surface area (Å²) in [6.45, 7) is 1.78. The molecule has 6 nitrogen and oxygen atoms in total. The Morgan fingerprint density at radius 3 is 1.80 bits per heavy atom. The van der Waals surface area contributed by atoms with Gasteiger partial charge in [-0.25, -0.2) is 0 Å². The first kappa shape index (κ1) is 33.5. The Kier molecular flexibility index (Phi) is 13.1. The quantitative estimate of drug-likeness (QED) is 0.120. The van der Waals surface area contributed by atoms with Gasteiger partial charge in [-0.15, -0.1) is 0 Å². The van der Waals surface area contributed by atoms with Gasteiger partial charge in [-0.2, -0.15) is 0 Å². The zero-order valence-electron chi connectivity index (χ0n) is 24.3. The summed E-state index contributed by atoms with van der Waals surface area (Å²) in [4.78, 5) is 0. The largest absolute Gasteiger partial charge is 0.374 e. The van der Waals surface area contributed by atoms with Crippen molar-refractivity contribution in [1.29, 1.82) is 0 Å². The van der Waals surface area contributed by atoms with Crippen molar-refractivity contribution in [3.8, 4) is 0 Å². The second-order valence-electron chi connectivity index (χ2n) is 10.5. The zero-order valence-corrected chi connectivity index (χ0v) is 28.8. The molecule has 1 fully saturated rings. The maximum Gasteiger partial charge on any atom is 0.186 e. The second kappa shape index (κ2) is 17.2. The highest BCUT2D eigenvalue weighted by atomic mass is 127. The predicted molar refractivity (Wildman–Crippen MR) is 182 cm³/mol. The van der Waals surface area contributed by atoms with Crippen LogP contribution in [0.4, 0.5) is 0 Å². The molecule has 0 bridgehead atoms. The van der Waals surface area contributed by atoms with Gasteiger partial charge < -0.3 is 28.4 Å². The maximum atomic E-state index is 6.67. The smallest absolute Gasteiger partial charge is 0.186 e. The summed E-state index contributed by atoms with van der Waals surface area (Å²) in [6, 6.07) is 34.0. The SMILES string of the molecule is COC1O[C@H](COCc2ccccc2)[C@@H](OCc2ccc(Cl)cc2)[C@H](OCc2ccc(Br)cc2)[C@H]1OCc1ccc(I)cc1. The normalized spacial score (nSPS) is 21.8. The van der Waals surface area contributed by atoms with Crippen LogP contribution < -0.4 is 0 Å². The maximum absolute atomic E-state index is 6.67. The van der Waals surface area contributed by atoms with Gasteiger partial charge in [0.25, 0.3) is 0 Å². The van der Waals surface area contributed by atoms with Crippen molar-refractivity contribution in [3.63, 3.8) is 0 Å². The lowest BCUT2D eigenvalue weighted by atomic mass is 9.97. The molecule has 1 unspecified atom stereocenters. The molecule has 1 aliphatic rings. The molecule has 0 aromatic heterocycles. The summed E-state index contributed by atoms with van der Waals surface area (Å²) in [5.41, 5.74) is 4.12. The number of rotatable bonds is 14. The molecule has 1 aliphatic heterocycles. The number of hydrogen-bond donors (Lipinski definition) is 0. The van der Waals surface area contributed by atoms with E-state index in [0.717, 1.165) is 30.3 Å². The molecule has 0 saturated carbocycles. The van der Waals surface area contributed by atoms with Crippen molar-refractivity contribution in [2.45, 2.75) is 57.1 Å². The zero-order chi connectivity index (χ0) is 30.7. The number of ether oxygens (including phenoxy) is 6. The van der Waals surface area contributed by atoms with Gasteiger partial charge in [0.15, 0.2) is 6.29 Å². The van der Waals surface area contributed by atoms with Gasteiger partial charge in [-0.3, -0.25) is 0 Å². The van der Waals surface area contributed by atoms with E-state index in [0.29, 0.717) is 31.5 Å². The van der Waals surface area contributed by atoms with Crippen molar-refractivity contribution in [3.05, 3.63) is 138 Å². The third kappa shape index (κ3) is 9.82. The summed E-state index contributed by atoms with van der Waals surface area (Å²) in [5, 5.41) is 0.671. The van der Waals surface area contributed by atoms with E-state index in [1.165, 1.54) is 0 Å². The topological polar surface area (TPSA) is 55.4 Å². The van der Waals surface area contributed by atoms with Gasteiger partial charge in [-0.05, 0) is 81.2 Å². The van der Waals surface area contributed by atoms with Crippen LogP contribution in [0.25, 0.3) is 0 Å². The van der Waals surface area contributed by atoms with Gasteiger partial charge in [0.1, 0.15) is 24.4 Å². The minimum atomic E-state index is -0.700. The van der Waals surface area contributed by atoms with Crippen molar-refractivity contribution in [1.82, 2.24) is 0 Å². The Bertz CT molecular complexity index is 1410. The minimum absolute atomic E-state index is 0.280. The Labute approximate surface area is 286 Å². The van der Waals surface area contributed by atoms with Crippen LogP contribution in [0.2, 0.25) is 5.02 Å². The van der Waals surface area contributed by atoms with Crippen molar-refractivity contribution in [2.24, 2.45) is 0 Å². The summed E-state index contributed by atoms with van der Waals surface area (Å²) in [7, 11) is 1.62. The molecule has 0 radical (unpaired) electrons. The van der Waals surface area contributed by atoms with Crippen LogP contribution in [-0.4, -0.2) is 44.4 Å². The average Bonchev–Trinajstić information content (AvgIpc) is 3.05. The van der Waals surface area contributed by atoms with Crippen LogP contribution >= 0.6 is 50.1 Å². The second-order valence-corrected chi connectivity index (χ2v) is 13.1. The average molecular weight is 794 g/mol. The molecule has 5 atom stereocenters. The number of halogens is 3. The third-order valence-electron chi connectivity index (χ3n) is 7.28. The van der Waals surface area contributed by atoms with Crippen molar-refractivity contribution in [2.75, 3.05) is 13.7 Å². The van der Waals surface area contributed by atoms with E-state index in [1.807, 2.05) is 78.9 Å². The molecule has 5 rings (SSSR count). The van der Waals surface area contributed by atoms with Crippen LogP contribution in [0.15, 0.2) is 108 Å². The highest BCUT2D eigenvalue weighted by molar-refractivity contribution is 14.1. The van der Waals surface area contributed by atoms with E-state index in [2.05, 4.69) is 62.8 Å². The first-order valence-corrected chi connectivity index (χ1v) is 16.6. The first-order chi connectivity index (χ1) is 21.5. The van der Waals surface area contributed by atoms with Gasteiger partial charge in [-0.1, -0.05) is 94.3 Å². The Hall–Kier alpha value is -1.86. The van der Waals surface area contributed by atoms with Gasteiger partial charge in [0, 0.05) is 20.2 Å². The van der Waals surface area contributed by atoms with E-state index in [1.54, 1.807) is 7.11 Å². The summed E-state index contributed by atoms with van der Waals surface area (Å²) in [6.07, 6.45) is -2.81. The first-order valence-electron chi connectivity index (χ1n) is 14.4. The van der Waals surface area contributed by atoms with Crippen LogP contribution in [-0.2, 0) is 54.8 Å². The predicted octanol–water partition coefficient (Wildman–Crippen LogP) is 8.35. The lowest BCUT2D eigenvalue weighted by Crippen LogP contribution is -2.61. The molecule has 232 valence electrons. The van der Waals surface area contributed by atoms with E-state index >= 15 is 0 Å². The van der Waals surface area contributed by atoms with Gasteiger partial charge in [0.05, 0.1) is 33.0 Å². The molecule has 9 heteroatoms. The highest BCUT2D eigenvalue weighted by Crippen LogP contribution is 2.31.